The molecule has 0 heterocycles. The van der Waals surface area contributed by atoms with E-state index in [1.165, 1.54) is 12.1 Å². The second-order valence-electron chi connectivity index (χ2n) is 1.84. The highest BCUT2D eigenvalue weighted by Crippen LogP contribution is 2.03. The topological polar surface area (TPSA) is 0 Å². The number of rotatable bonds is 1. The first-order valence-electron chi connectivity index (χ1n) is 2.88. The molecule has 1 heteroatoms. The van der Waals surface area contributed by atoms with Crippen molar-refractivity contribution < 1.29 is 4.39 Å². The SMILES string of the molecule is C[CH+]c1ccc(F)cc1. The van der Waals surface area contributed by atoms with Gasteiger partial charge in [0, 0.05) is 37.6 Å². The summed E-state index contributed by atoms with van der Waals surface area (Å²) >= 11 is 0. The molecule has 0 saturated heterocycles. The van der Waals surface area contributed by atoms with Crippen molar-refractivity contribution in [1.82, 2.24) is 0 Å². The van der Waals surface area contributed by atoms with E-state index in [0.29, 0.717) is 0 Å². The van der Waals surface area contributed by atoms with E-state index in [1.54, 1.807) is 12.1 Å². The van der Waals surface area contributed by atoms with Crippen LogP contribution in [0, 0.1) is 12.2 Å². The lowest BCUT2D eigenvalue weighted by Crippen LogP contribution is -1.76. The second-order valence-corrected chi connectivity index (χ2v) is 1.84. The minimum Gasteiger partial charge on any atom is -0.204 e. The average molecular weight is 123 g/mol. The summed E-state index contributed by atoms with van der Waals surface area (Å²) in [7, 11) is 0. The first kappa shape index (κ1) is 6.14. The van der Waals surface area contributed by atoms with E-state index in [4.69, 9.17) is 0 Å². The Balaban J connectivity index is 2.88. The van der Waals surface area contributed by atoms with Gasteiger partial charge in [0.2, 0.25) is 0 Å². The maximum absolute atomic E-state index is 12.2. The van der Waals surface area contributed by atoms with Crippen LogP contribution in [-0.4, -0.2) is 0 Å². The van der Waals surface area contributed by atoms with Crippen molar-refractivity contribution in [3.05, 3.63) is 42.1 Å². The van der Waals surface area contributed by atoms with E-state index >= 15 is 0 Å². The molecule has 0 nitrogen and oxygen atoms in total. The molecule has 1 aromatic carbocycles. The Morgan fingerprint density at radius 1 is 1.22 bits per heavy atom. The van der Waals surface area contributed by atoms with E-state index in [2.05, 4.69) is 0 Å². The summed E-state index contributed by atoms with van der Waals surface area (Å²) in [4.78, 5) is 0. The lowest BCUT2D eigenvalue weighted by atomic mass is 10.2. The largest absolute Gasteiger partial charge is 0.204 e. The molecule has 0 aromatic heterocycles. The van der Waals surface area contributed by atoms with Gasteiger partial charge in [-0.2, -0.15) is 0 Å². The van der Waals surface area contributed by atoms with Gasteiger partial charge in [-0.3, -0.25) is 0 Å². The Labute approximate surface area is 54.3 Å². The maximum atomic E-state index is 12.2. The maximum Gasteiger partial charge on any atom is 0.149 e. The highest BCUT2D eigenvalue weighted by Gasteiger charge is 1.96. The van der Waals surface area contributed by atoms with Gasteiger partial charge < -0.3 is 0 Å². The fourth-order valence-electron chi connectivity index (χ4n) is 0.655. The molecular weight excluding hydrogens is 115 g/mol. The van der Waals surface area contributed by atoms with Gasteiger partial charge in [0.25, 0.3) is 0 Å². The van der Waals surface area contributed by atoms with Crippen LogP contribution in [-0.2, 0) is 0 Å². The molecule has 0 amide bonds. The van der Waals surface area contributed by atoms with Gasteiger partial charge in [-0.25, -0.2) is 4.39 Å². The molecule has 0 aliphatic carbocycles. The molecule has 0 radical (unpaired) electrons. The zero-order valence-electron chi connectivity index (χ0n) is 5.26. The van der Waals surface area contributed by atoms with Crippen molar-refractivity contribution >= 4 is 0 Å². The summed E-state index contributed by atoms with van der Waals surface area (Å²) in [5.74, 6) is -0.180. The fourth-order valence-corrected chi connectivity index (χ4v) is 0.655. The molecule has 46 valence electrons. The Bertz CT molecular complexity index is 176. The van der Waals surface area contributed by atoms with Crippen molar-refractivity contribution in [2.45, 2.75) is 6.92 Å². The first-order valence-corrected chi connectivity index (χ1v) is 2.88. The molecule has 9 heavy (non-hydrogen) atoms. The van der Waals surface area contributed by atoms with E-state index < -0.39 is 0 Å². The average Bonchev–Trinajstić information content (AvgIpc) is 1.90. The van der Waals surface area contributed by atoms with Crippen molar-refractivity contribution in [2.24, 2.45) is 0 Å². The normalized spacial score (nSPS) is 9.11. The predicted octanol–water partition coefficient (Wildman–Crippen LogP) is 2.40. The highest BCUT2D eigenvalue weighted by atomic mass is 19.1. The van der Waals surface area contributed by atoms with E-state index in [1.807, 2.05) is 13.3 Å². The van der Waals surface area contributed by atoms with E-state index in [-0.39, 0.29) is 5.82 Å². The number of halogens is 1. The van der Waals surface area contributed by atoms with E-state index in [9.17, 15) is 4.39 Å². The Kier molecular flexibility index (Phi) is 1.73. The van der Waals surface area contributed by atoms with Crippen LogP contribution >= 0.6 is 0 Å². The van der Waals surface area contributed by atoms with E-state index in [0.717, 1.165) is 5.56 Å². The number of hydrogen-bond donors (Lipinski definition) is 0. The third-order valence-electron chi connectivity index (χ3n) is 1.20. The first-order chi connectivity index (χ1) is 4.33. The van der Waals surface area contributed by atoms with Crippen molar-refractivity contribution in [3.8, 4) is 0 Å². The van der Waals surface area contributed by atoms with Gasteiger partial charge in [-0.05, 0) is 0 Å². The van der Waals surface area contributed by atoms with Gasteiger partial charge in [-0.1, -0.05) is 0 Å². The molecule has 0 aliphatic rings. The summed E-state index contributed by atoms with van der Waals surface area (Å²) in [6.07, 6.45) is 1.93. The van der Waals surface area contributed by atoms with Crippen LogP contribution in [0.3, 0.4) is 0 Å². The monoisotopic (exact) mass is 123 g/mol. The summed E-state index contributed by atoms with van der Waals surface area (Å²) < 4.78 is 12.2. The minimum atomic E-state index is -0.180. The van der Waals surface area contributed by atoms with Gasteiger partial charge in [0.15, 0.2) is 0 Å². The Hall–Kier alpha value is -0.980. The van der Waals surface area contributed by atoms with Gasteiger partial charge >= 0.3 is 0 Å². The quantitative estimate of drug-likeness (QED) is 0.503. The van der Waals surface area contributed by atoms with Gasteiger partial charge in [0.05, 0.1) is 0 Å². The van der Waals surface area contributed by atoms with Crippen LogP contribution in [0.5, 0.6) is 0 Å². The van der Waals surface area contributed by atoms with Gasteiger partial charge in [-0.15, -0.1) is 0 Å². The third-order valence-corrected chi connectivity index (χ3v) is 1.20. The summed E-state index contributed by atoms with van der Waals surface area (Å²) in [6.45, 7) is 1.92. The van der Waals surface area contributed by atoms with Crippen molar-refractivity contribution in [1.29, 1.82) is 0 Å². The molecule has 0 bridgehead atoms. The molecule has 0 N–H and O–H groups in total. The Morgan fingerprint density at radius 3 is 2.22 bits per heavy atom. The molecular formula is C8H8F+. The molecule has 0 atom stereocenters. The van der Waals surface area contributed by atoms with Crippen LogP contribution < -0.4 is 0 Å². The molecule has 0 fully saturated rings. The standard InChI is InChI=1S/C8H8F/c1-2-7-3-5-8(9)6-4-7/h2-6H,1H3/q+1. The predicted molar refractivity (Wildman–Crippen MR) is 35.5 cm³/mol. The van der Waals surface area contributed by atoms with Crippen LogP contribution in [0.2, 0.25) is 0 Å². The van der Waals surface area contributed by atoms with Crippen LogP contribution in [0.1, 0.15) is 12.5 Å². The van der Waals surface area contributed by atoms with Crippen LogP contribution in [0.4, 0.5) is 4.39 Å². The summed E-state index contributed by atoms with van der Waals surface area (Å²) in [6, 6.07) is 6.40. The van der Waals surface area contributed by atoms with Crippen molar-refractivity contribution in [3.63, 3.8) is 0 Å². The molecule has 0 unspecified atom stereocenters. The van der Waals surface area contributed by atoms with Crippen LogP contribution in [0.15, 0.2) is 24.3 Å². The second kappa shape index (κ2) is 2.53. The van der Waals surface area contributed by atoms with Gasteiger partial charge in [0.1, 0.15) is 11.4 Å². The fraction of sp³-hybridized carbons (Fsp3) is 0.125. The zero-order valence-corrected chi connectivity index (χ0v) is 5.26. The molecule has 1 rings (SSSR count). The lowest BCUT2D eigenvalue weighted by molar-refractivity contribution is 0.627. The van der Waals surface area contributed by atoms with Crippen molar-refractivity contribution in [2.75, 3.05) is 0 Å². The molecule has 0 aliphatic heterocycles. The smallest absolute Gasteiger partial charge is 0.149 e. The third kappa shape index (κ3) is 1.46. The van der Waals surface area contributed by atoms with Crippen LogP contribution in [0.25, 0.3) is 0 Å². The minimum absolute atomic E-state index is 0.180. The molecule has 0 spiro atoms. The number of hydrogen-bond acceptors (Lipinski definition) is 0. The Morgan fingerprint density at radius 2 is 1.78 bits per heavy atom. The highest BCUT2D eigenvalue weighted by molar-refractivity contribution is 5.21. The summed E-state index contributed by atoms with van der Waals surface area (Å²) in [5.41, 5.74) is 1.05. The summed E-state index contributed by atoms with van der Waals surface area (Å²) in [5, 5.41) is 0. The molecule has 0 saturated carbocycles. The lowest BCUT2D eigenvalue weighted by Gasteiger charge is -1.83. The molecule has 1 aromatic rings. The number of benzene rings is 1. The zero-order chi connectivity index (χ0) is 6.69.